The zero-order chi connectivity index (χ0) is 21.4. The number of hydrogen-bond acceptors (Lipinski definition) is 4. The minimum Gasteiger partial charge on any atom is -0.336 e. The topological polar surface area (TPSA) is 78.5 Å². The van der Waals surface area contributed by atoms with Crippen molar-refractivity contribution < 1.29 is 17.6 Å². The number of urea groups is 1. The Morgan fingerprint density at radius 3 is 2.53 bits per heavy atom. The fourth-order valence-electron chi connectivity index (χ4n) is 3.71. The first-order valence-corrected chi connectivity index (χ1v) is 11.9. The van der Waals surface area contributed by atoms with Gasteiger partial charge in [0.05, 0.1) is 10.6 Å². The predicted octanol–water partition coefficient (Wildman–Crippen LogP) is 3.67. The summed E-state index contributed by atoms with van der Waals surface area (Å²) in [5.41, 5.74) is 0.738. The molecule has 1 fully saturated rings. The van der Waals surface area contributed by atoms with Crippen LogP contribution in [0.25, 0.3) is 0 Å². The molecule has 1 aliphatic heterocycles. The smallest absolute Gasteiger partial charge is 0.319 e. The second-order valence-electron chi connectivity index (χ2n) is 7.51. The summed E-state index contributed by atoms with van der Waals surface area (Å²) < 4.78 is 37.9. The molecule has 1 unspecified atom stereocenters. The molecule has 0 bridgehead atoms. The molecule has 1 aliphatic rings. The quantitative estimate of drug-likeness (QED) is 0.623. The molecule has 1 saturated heterocycles. The van der Waals surface area contributed by atoms with Crippen molar-refractivity contribution in [1.82, 2.24) is 10.2 Å². The Hall–Kier alpha value is -2.45. The summed E-state index contributed by atoms with van der Waals surface area (Å²) in [4.78, 5) is 14.5. The zero-order valence-electron chi connectivity index (χ0n) is 16.9. The minimum atomic E-state index is -3.43. The molecule has 162 valence electrons. The van der Waals surface area contributed by atoms with Crippen molar-refractivity contribution in [2.24, 2.45) is 0 Å². The van der Waals surface area contributed by atoms with Crippen LogP contribution in [-0.2, 0) is 9.84 Å². The Kier molecular flexibility index (Phi) is 7.81. The first-order valence-electron chi connectivity index (χ1n) is 10.3. The number of amides is 2. The highest BCUT2D eigenvalue weighted by molar-refractivity contribution is 7.91. The molecule has 1 heterocycles. The molecule has 0 radical (unpaired) electrons. The van der Waals surface area contributed by atoms with Crippen LogP contribution in [-0.4, -0.2) is 50.8 Å². The van der Waals surface area contributed by atoms with Crippen molar-refractivity contribution in [1.29, 1.82) is 0 Å². The molecular formula is C22H28FN3O3S. The number of carbonyl (C=O) groups excluding carboxylic acids is 1. The second-order valence-corrected chi connectivity index (χ2v) is 9.62. The number of likely N-dealkylation sites (tertiary alicyclic amines) is 1. The lowest BCUT2D eigenvalue weighted by molar-refractivity contribution is 0.147. The maximum Gasteiger partial charge on any atom is 0.319 e. The van der Waals surface area contributed by atoms with Crippen molar-refractivity contribution in [2.45, 2.75) is 36.6 Å². The third-order valence-electron chi connectivity index (χ3n) is 5.31. The van der Waals surface area contributed by atoms with Gasteiger partial charge in [0.1, 0.15) is 5.82 Å². The van der Waals surface area contributed by atoms with Crippen LogP contribution in [0.3, 0.4) is 0 Å². The Balaban J connectivity index is 1.47. The number of benzene rings is 2. The number of rotatable bonds is 8. The van der Waals surface area contributed by atoms with Gasteiger partial charge in [0, 0.05) is 18.3 Å². The van der Waals surface area contributed by atoms with Crippen molar-refractivity contribution in [3.63, 3.8) is 0 Å². The molecule has 3 rings (SSSR count). The molecule has 0 spiro atoms. The highest BCUT2D eigenvalue weighted by atomic mass is 32.2. The van der Waals surface area contributed by atoms with E-state index in [4.69, 9.17) is 0 Å². The molecule has 6 nitrogen and oxygen atoms in total. The summed E-state index contributed by atoms with van der Waals surface area (Å²) >= 11 is 0. The monoisotopic (exact) mass is 433 g/mol. The Morgan fingerprint density at radius 1 is 1.07 bits per heavy atom. The van der Waals surface area contributed by atoms with E-state index in [2.05, 4.69) is 15.5 Å². The van der Waals surface area contributed by atoms with Crippen molar-refractivity contribution in [3.8, 4) is 0 Å². The molecular weight excluding hydrogens is 405 g/mol. The zero-order valence-corrected chi connectivity index (χ0v) is 17.7. The molecule has 2 aromatic rings. The Bertz CT molecular complexity index is 920. The van der Waals surface area contributed by atoms with Crippen LogP contribution in [0, 0.1) is 5.82 Å². The van der Waals surface area contributed by atoms with Crippen molar-refractivity contribution >= 4 is 21.6 Å². The number of piperidine rings is 1. The predicted molar refractivity (Wildman–Crippen MR) is 116 cm³/mol. The largest absolute Gasteiger partial charge is 0.336 e. The number of nitrogens with one attached hydrogen (secondary N) is 2. The van der Waals surface area contributed by atoms with Gasteiger partial charge in [-0.15, -0.1) is 0 Å². The molecule has 2 amide bonds. The van der Waals surface area contributed by atoms with Crippen LogP contribution in [0.4, 0.5) is 14.9 Å². The number of nitrogens with zero attached hydrogens (tertiary/aromatic N) is 1. The number of halogens is 1. The molecule has 0 saturated carbocycles. The van der Waals surface area contributed by atoms with Crippen LogP contribution in [0.2, 0.25) is 0 Å². The fraction of sp³-hybridized carbons (Fsp3) is 0.409. The number of anilines is 1. The van der Waals surface area contributed by atoms with Gasteiger partial charge in [-0.25, -0.2) is 17.6 Å². The van der Waals surface area contributed by atoms with E-state index in [1.807, 2.05) is 30.3 Å². The van der Waals surface area contributed by atoms with Gasteiger partial charge in [-0.1, -0.05) is 24.6 Å². The Labute approximate surface area is 177 Å². The van der Waals surface area contributed by atoms with Crippen LogP contribution in [0.15, 0.2) is 59.5 Å². The summed E-state index contributed by atoms with van der Waals surface area (Å²) in [6, 6.07) is 14.2. The number of para-hydroxylation sites is 1. The summed E-state index contributed by atoms with van der Waals surface area (Å²) in [6.45, 7) is 2.06. The van der Waals surface area contributed by atoms with Crippen molar-refractivity contribution in [3.05, 3.63) is 60.4 Å². The average molecular weight is 434 g/mol. The van der Waals surface area contributed by atoms with Crippen LogP contribution in [0.1, 0.15) is 25.7 Å². The van der Waals surface area contributed by atoms with Gasteiger partial charge in [-0.3, -0.25) is 4.90 Å². The summed E-state index contributed by atoms with van der Waals surface area (Å²) in [6.07, 6.45) is 3.62. The maximum atomic E-state index is 13.0. The maximum absolute atomic E-state index is 13.0. The number of sulfone groups is 1. The number of hydrogen-bond donors (Lipinski definition) is 2. The third kappa shape index (κ3) is 6.53. The van der Waals surface area contributed by atoms with Gasteiger partial charge in [0.15, 0.2) is 9.84 Å². The lowest BCUT2D eigenvalue weighted by Gasteiger charge is -2.35. The first kappa shape index (κ1) is 22.2. The van der Waals surface area contributed by atoms with Crippen molar-refractivity contribution in [2.75, 3.05) is 30.7 Å². The Morgan fingerprint density at radius 2 is 1.80 bits per heavy atom. The van der Waals surface area contributed by atoms with Gasteiger partial charge in [-0.2, -0.15) is 0 Å². The van der Waals surface area contributed by atoms with Gasteiger partial charge >= 0.3 is 6.03 Å². The summed E-state index contributed by atoms with van der Waals surface area (Å²) in [5, 5.41) is 5.73. The first-order chi connectivity index (χ1) is 14.4. The van der Waals surface area contributed by atoms with Crippen LogP contribution < -0.4 is 10.6 Å². The van der Waals surface area contributed by atoms with Gasteiger partial charge in [0.2, 0.25) is 0 Å². The second kappa shape index (κ2) is 10.5. The lowest BCUT2D eigenvalue weighted by Crippen LogP contribution is -2.47. The van der Waals surface area contributed by atoms with Gasteiger partial charge in [0.25, 0.3) is 0 Å². The van der Waals surface area contributed by atoms with Crippen LogP contribution in [0.5, 0.6) is 0 Å². The number of carbonyl (C=O) groups is 1. The third-order valence-corrected chi connectivity index (χ3v) is 7.13. The minimum absolute atomic E-state index is 0.0176. The normalized spacial score (nSPS) is 17.4. The standard InChI is InChI=1S/C22H28FN3O3S/c23-18-10-12-21(13-11-18)30(28,29)16-6-15-26-14-5-4-9-20(26)17-24-22(27)25-19-7-2-1-3-8-19/h1-3,7-8,10-13,20H,4-6,9,14-17H2,(H2,24,25,27). The lowest BCUT2D eigenvalue weighted by atomic mass is 10.0. The highest BCUT2D eigenvalue weighted by Gasteiger charge is 2.23. The SMILES string of the molecule is O=C(NCC1CCCCN1CCCS(=O)(=O)c1ccc(F)cc1)Nc1ccccc1. The van der Waals surface area contributed by atoms with E-state index < -0.39 is 15.7 Å². The molecule has 30 heavy (non-hydrogen) atoms. The molecule has 0 aliphatic carbocycles. The van der Waals surface area contributed by atoms with E-state index >= 15 is 0 Å². The van der Waals surface area contributed by atoms with E-state index in [9.17, 15) is 17.6 Å². The summed E-state index contributed by atoms with van der Waals surface area (Å²) in [5.74, 6) is -0.432. The molecule has 2 aromatic carbocycles. The van der Waals surface area contributed by atoms with E-state index in [0.29, 0.717) is 19.5 Å². The van der Waals surface area contributed by atoms with E-state index in [-0.39, 0.29) is 22.7 Å². The summed E-state index contributed by atoms with van der Waals surface area (Å²) in [7, 11) is -3.43. The van der Waals surface area contributed by atoms with Crippen LogP contribution >= 0.6 is 0 Å². The molecule has 1 atom stereocenters. The molecule has 2 N–H and O–H groups in total. The highest BCUT2D eigenvalue weighted by Crippen LogP contribution is 2.18. The average Bonchev–Trinajstić information content (AvgIpc) is 2.74. The van der Waals surface area contributed by atoms with E-state index in [0.717, 1.165) is 31.5 Å². The van der Waals surface area contributed by atoms with Gasteiger partial charge < -0.3 is 10.6 Å². The fourth-order valence-corrected chi connectivity index (χ4v) is 5.01. The molecule has 0 aromatic heterocycles. The van der Waals surface area contributed by atoms with E-state index in [1.165, 1.54) is 24.3 Å². The van der Waals surface area contributed by atoms with E-state index in [1.54, 1.807) is 0 Å². The molecule has 8 heteroatoms. The van der Waals surface area contributed by atoms with Gasteiger partial charge in [-0.05, 0) is 68.8 Å².